The molecule has 3 aromatic heterocycles. The second-order valence-electron chi connectivity index (χ2n) is 8.22. The fourth-order valence-electron chi connectivity index (χ4n) is 4.49. The zero-order chi connectivity index (χ0) is 23.9. The standard InChI is InChI=1S/C29H21N3O3/c1-34-22-12-7-19(8-13-22)26-25(29(33)21-9-14-23(35-2)15-10-21)24-16-11-20-6-5-18-4-3-17-30-27(18)28(20)32(24)31-26/h3-17H,1-2H3. The second kappa shape index (κ2) is 8.25. The zero-order valence-corrected chi connectivity index (χ0v) is 19.2. The summed E-state index contributed by atoms with van der Waals surface area (Å²) < 4.78 is 12.4. The van der Waals surface area contributed by atoms with E-state index >= 15 is 0 Å². The molecule has 0 unspecified atom stereocenters. The van der Waals surface area contributed by atoms with E-state index in [9.17, 15) is 4.79 Å². The van der Waals surface area contributed by atoms with Gasteiger partial charge in [-0.2, -0.15) is 5.10 Å². The fraction of sp³-hybridized carbons (Fsp3) is 0.0690. The quantitative estimate of drug-likeness (QED) is 0.235. The van der Waals surface area contributed by atoms with Gasteiger partial charge in [-0.1, -0.05) is 24.3 Å². The van der Waals surface area contributed by atoms with Gasteiger partial charge in [-0.05, 0) is 60.7 Å². The summed E-state index contributed by atoms with van der Waals surface area (Å²) in [5.41, 5.74) is 4.96. The molecule has 3 heterocycles. The molecule has 3 aromatic carbocycles. The summed E-state index contributed by atoms with van der Waals surface area (Å²) in [5.74, 6) is 1.32. The largest absolute Gasteiger partial charge is 0.497 e. The molecule has 6 rings (SSSR count). The maximum atomic E-state index is 13.9. The Kier molecular flexibility index (Phi) is 4.92. The molecular formula is C29H21N3O3. The molecule has 0 aliphatic rings. The first-order chi connectivity index (χ1) is 17.2. The van der Waals surface area contributed by atoms with Crippen molar-refractivity contribution in [2.75, 3.05) is 14.2 Å². The molecule has 170 valence electrons. The van der Waals surface area contributed by atoms with Crippen LogP contribution in [0.2, 0.25) is 0 Å². The van der Waals surface area contributed by atoms with Gasteiger partial charge < -0.3 is 9.47 Å². The number of rotatable bonds is 5. The minimum absolute atomic E-state index is 0.110. The van der Waals surface area contributed by atoms with Crippen LogP contribution in [-0.4, -0.2) is 34.6 Å². The number of aromatic nitrogens is 3. The van der Waals surface area contributed by atoms with Crippen molar-refractivity contribution in [1.82, 2.24) is 14.6 Å². The molecule has 6 heteroatoms. The van der Waals surface area contributed by atoms with Crippen LogP contribution in [-0.2, 0) is 0 Å². The number of methoxy groups -OCH3 is 2. The number of hydrogen-bond donors (Lipinski definition) is 0. The van der Waals surface area contributed by atoms with Crippen LogP contribution >= 0.6 is 0 Å². The fourth-order valence-corrected chi connectivity index (χ4v) is 4.49. The van der Waals surface area contributed by atoms with Crippen molar-refractivity contribution < 1.29 is 14.3 Å². The second-order valence-corrected chi connectivity index (χ2v) is 8.22. The van der Waals surface area contributed by atoms with Gasteiger partial charge in [0, 0.05) is 28.1 Å². The normalized spacial score (nSPS) is 11.3. The van der Waals surface area contributed by atoms with Crippen LogP contribution in [0.1, 0.15) is 15.9 Å². The van der Waals surface area contributed by atoms with Gasteiger partial charge in [0.05, 0.1) is 36.3 Å². The highest BCUT2D eigenvalue weighted by molar-refractivity contribution is 6.18. The molecule has 0 saturated heterocycles. The average molecular weight is 460 g/mol. The smallest absolute Gasteiger partial charge is 0.197 e. The predicted octanol–water partition coefficient (Wildman–Crippen LogP) is 5.95. The lowest BCUT2D eigenvalue weighted by Crippen LogP contribution is -2.03. The lowest BCUT2D eigenvalue weighted by Gasteiger charge is -2.07. The third-order valence-corrected chi connectivity index (χ3v) is 6.28. The summed E-state index contributed by atoms with van der Waals surface area (Å²) in [6.45, 7) is 0. The molecule has 0 aliphatic heterocycles. The predicted molar refractivity (Wildman–Crippen MR) is 136 cm³/mol. The van der Waals surface area contributed by atoms with Crippen molar-refractivity contribution in [2.24, 2.45) is 0 Å². The van der Waals surface area contributed by atoms with Crippen molar-refractivity contribution in [3.63, 3.8) is 0 Å². The Labute approximate surface area is 201 Å². The van der Waals surface area contributed by atoms with Crippen LogP contribution in [0.3, 0.4) is 0 Å². The molecular weight excluding hydrogens is 438 g/mol. The maximum Gasteiger partial charge on any atom is 0.197 e. The molecule has 6 nitrogen and oxygen atoms in total. The Morgan fingerprint density at radius 3 is 2.14 bits per heavy atom. The molecule has 0 spiro atoms. The van der Waals surface area contributed by atoms with E-state index in [1.54, 1.807) is 44.7 Å². The summed E-state index contributed by atoms with van der Waals surface area (Å²) in [4.78, 5) is 18.5. The number of hydrogen-bond acceptors (Lipinski definition) is 5. The molecule has 0 saturated carbocycles. The highest BCUT2D eigenvalue weighted by atomic mass is 16.5. The van der Waals surface area contributed by atoms with E-state index in [2.05, 4.69) is 11.1 Å². The first-order valence-corrected chi connectivity index (χ1v) is 11.2. The van der Waals surface area contributed by atoms with Crippen LogP contribution in [0, 0.1) is 0 Å². The highest BCUT2D eigenvalue weighted by Crippen LogP contribution is 2.33. The minimum Gasteiger partial charge on any atom is -0.497 e. The van der Waals surface area contributed by atoms with Crippen molar-refractivity contribution in [1.29, 1.82) is 0 Å². The molecule has 0 N–H and O–H groups in total. The number of fused-ring (bicyclic) bond motifs is 5. The molecule has 0 amide bonds. The van der Waals surface area contributed by atoms with Crippen molar-refractivity contribution in [2.45, 2.75) is 0 Å². The topological polar surface area (TPSA) is 65.7 Å². The Balaban J connectivity index is 1.67. The van der Waals surface area contributed by atoms with Gasteiger partial charge >= 0.3 is 0 Å². The third kappa shape index (κ3) is 3.38. The Morgan fingerprint density at radius 2 is 1.43 bits per heavy atom. The molecule has 0 radical (unpaired) electrons. The summed E-state index contributed by atoms with van der Waals surface area (Å²) in [7, 11) is 3.23. The van der Waals surface area contributed by atoms with Crippen LogP contribution < -0.4 is 9.47 Å². The number of carbonyl (C=O) groups is 1. The van der Waals surface area contributed by atoms with Crippen molar-refractivity contribution >= 4 is 33.1 Å². The number of carbonyl (C=O) groups excluding carboxylic acids is 1. The minimum atomic E-state index is -0.110. The Morgan fingerprint density at radius 1 is 0.771 bits per heavy atom. The lowest BCUT2D eigenvalue weighted by molar-refractivity contribution is 0.104. The Hall–Kier alpha value is -4.71. The van der Waals surface area contributed by atoms with E-state index in [1.165, 1.54) is 0 Å². The first kappa shape index (κ1) is 20.9. The van der Waals surface area contributed by atoms with Crippen molar-refractivity contribution in [3.8, 4) is 22.8 Å². The third-order valence-electron chi connectivity index (χ3n) is 6.28. The van der Waals surface area contributed by atoms with Gasteiger partial charge in [0.1, 0.15) is 17.2 Å². The summed E-state index contributed by atoms with van der Waals surface area (Å²) in [6, 6.07) is 26.7. The summed E-state index contributed by atoms with van der Waals surface area (Å²) in [5, 5.41) is 6.99. The van der Waals surface area contributed by atoms with Gasteiger partial charge in [0.2, 0.25) is 0 Å². The van der Waals surface area contributed by atoms with Gasteiger partial charge in [-0.3, -0.25) is 9.78 Å². The molecule has 0 atom stereocenters. The van der Waals surface area contributed by atoms with Crippen molar-refractivity contribution in [3.05, 3.63) is 102 Å². The van der Waals surface area contributed by atoms with Gasteiger partial charge in [-0.15, -0.1) is 0 Å². The summed E-state index contributed by atoms with van der Waals surface area (Å²) >= 11 is 0. The zero-order valence-electron chi connectivity index (χ0n) is 19.2. The monoisotopic (exact) mass is 459 g/mol. The average Bonchev–Trinajstić information content (AvgIpc) is 3.32. The van der Waals surface area contributed by atoms with Gasteiger partial charge in [0.15, 0.2) is 5.78 Å². The molecule has 6 aromatic rings. The van der Waals surface area contributed by atoms with Crippen LogP contribution in [0.25, 0.3) is 38.6 Å². The van der Waals surface area contributed by atoms with E-state index < -0.39 is 0 Å². The number of ketones is 1. The van der Waals surface area contributed by atoms with Crippen LogP contribution in [0.15, 0.2) is 91.1 Å². The van der Waals surface area contributed by atoms with E-state index in [1.807, 2.05) is 59.1 Å². The molecule has 0 bridgehead atoms. The van der Waals surface area contributed by atoms with E-state index in [-0.39, 0.29) is 5.78 Å². The van der Waals surface area contributed by atoms with Gasteiger partial charge in [0.25, 0.3) is 0 Å². The first-order valence-electron chi connectivity index (χ1n) is 11.2. The lowest BCUT2D eigenvalue weighted by atomic mass is 9.98. The molecule has 35 heavy (non-hydrogen) atoms. The van der Waals surface area contributed by atoms with Gasteiger partial charge in [-0.25, -0.2) is 4.52 Å². The van der Waals surface area contributed by atoms with E-state index in [0.29, 0.717) is 22.6 Å². The number of pyridine rings is 2. The summed E-state index contributed by atoms with van der Waals surface area (Å²) in [6.07, 6.45) is 1.78. The highest BCUT2D eigenvalue weighted by Gasteiger charge is 2.24. The number of ether oxygens (including phenoxy) is 2. The van der Waals surface area contributed by atoms with Crippen LogP contribution in [0.4, 0.5) is 0 Å². The maximum absolute atomic E-state index is 13.9. The molecule has 0 aliphatic carbocycles. The van der Waals surface area contributed by atoms with E-state index in [0.717, 1.165) is 38.6 Å². The number of benzene rings is 3. The van der Waals surface area contributed by atoms with E-state index in [4.69, 9.17) is 14.6 Å². The van der Waals surface area contributed by atoms with Crippen LogP contribution in [0.5, 0.6) is 11.5 Å². The molecule has 0 fully saturated rings. The Bertz CT molecular complexity index is 1720. The SMILES string of the molecule is COc1ccc(C(=O)c2c(-c3ccc(OC)cc3)nn3c2ccc2ccc4cccnc4c23)cc1. The number of nitrogens with zero attached hydrogens (tertiary/aromatic N) is 3.